The maximum atomic E-state index is 5.59. The van der Waals surface area contributed by atoms with E-state index >= 15 is 0 Å². The number of guanidine groups is 1. The van der Waals surface area contributed by atoms with E-state index in [2.05, 4.69) is 15.3 Å². The Hall–Kier alpha value is -1.29. The molecule has 1 aromatic rings. The Bertz CT molecular complexity index is 312. The molecule has 1 aromatic heterocycles. The first-order valence-corrected chi connectivity index (χ1v) is 4.32. The summed E-state index contributed by atoms with van der Waals surface area (Å²) < 4.78 is 0. The zero-order chi connectivity index (χ0) is 9.10. The molecule has 2 rings (SSSR count). The number of aromatic nitrogens is 1. The maximum absolute atomic E-state index is 5.59. The van der Waals surface area contributed by atoms with Gasteiger partial charge < -0.3 is 11.1 Å². The minimum Gasteiger partial charge on any atom is -0.370 e. The van der Waals surface area contributed by atoms with Crippen LogP contribution in [0.4, 0.5) is 0 Å². The molecule has 76 valence electrons. The molecule has 0 aromatic carbocycles. The Morgan fingerprint density at radius 1 is 1.36 bits per heavy atom. The van der Waals surface area contributed by atoms with Gasteiger partial charge in [0.25, 0.3) is 0 Å². The quantitative estimate of drug-likeness (QED) is 0.726. The molecule has 14 heavy (non-hydrogen) atoms. The van der Waals surface area contributed by atoms with Crippen molar-refractivity contribution in [1.29, 1.82) is 0 Å². The van der Waals surface area contributed by atoms with Crippen LogP contribution in [0.15, 0.2) is 29.5 Å². The Kier molecular flexibility index (Phi) is 3.71. The van der Waals surface area contributed by atoms with Gasteiger partial charge in [0.1, 0.15) is 0 Å². The molecule has 0 fully saturated rings. The van der Waals surface area contributed by atoms with Gasteiger partial charge in [-0.15, -0.1) is 12.4 Å². The van der Waals surface area contributed by atoms with Gasteiger partial charge in [-0.2, -0.15) is 0 Å². The zero-order valence-electron chi connectivity index (χ0n) is 7.68. The molecule has 1 atom stereocenters. The van der Waals surface area contributed by atoms with Crippen LogP contribution in [0.25, 0.3) is 0 Å². The Labute approximate surface area is 89.0 Å². The van der Waals surface area contributed by atoms with Crippen LogP contribution < -0.4 is 11.1 Å². The third-order valence-electron chi connectivity index (χ3n) is 2.13. The van der Waals surface area contributed by atoms with Gasteiger partial charge in [0.15, 0.2) is 5.96 Å². The zero-order valence-corrected chi connectivity index (χ0v) is 8.50. The summed E-state index contributed by atoms with van der Waals surface area (Å²) in [5.74, 6) is 0.535. The number of nitrogens with zero attached hydrogens (tertiary/aromatic N) is 2. The molecule has 0 radical (unpaired) electrons. The maximum Gasteiger partial charge on any atom is 0.189 e. The van der Waals surface area contributed by atoms with Gasteiger partial charge in [-0.05, 0) is 24.1 Å². The van der Waals surface area contributed by atoms with Crippen molar-refractivity contribution in [3.8, 4) is 0 Å². The van der Waals surface area contributed by atoms with Crippen LogP contribution in [-0.4, -0.2) is 17.5 Å². The SMILES string of the molecule is Cl.NC1=NCCC(c2ccncc2)N1. The predicted molar refractivity (Wildman–Crippen MR) is 58.5 cm³/mol. The van der Waals surface area contributed by atoms with Crippen LogP contribution in [0.5, 0.6) is 0 Å². The molecule has 0 aliphatic carbocycles. The number of rotatable bonds is 1. The second-order valence-corrected chi connectivity index (χ2v) is 3.03. The van der Waals surface area contributed by atoms with Crippen LogP contribution >= 0.6 is 12.4 Å². The minimum absolute atomic E-state index is 0. The molecule has 0 bridgehead atoms. The third-order valence-corrected chi connectivity index (χ3v) is 2.13. The van der Waals surface area contributed by atoms with Crippen molar-refractivity contribution in [2.45, 2.75) is 12.5 Å². The summed E-state index contributed by atoms with van der Waals surface area (Å²) in [5.41, 5.74) is 6.80. The number of nitrogens with two attached hydrogens (primary N) is 1. The van der Waals surface area contributed by atoms with Gasteiger partial charge in [0.2, 0.25) is 0 Å². The van der Waals surface area contributed by atoms with Crippen LogP contribution in [0.1, 0.15) is 18.0 Å². The molecular formula is C9H13ClN4. The molecule has 5 heteroatoms. The first-order chi connectivity index (χ1) is 6.36. The molecule has 0 spiro atoms. The lowest BCUT2D eigenvalue weighted by molar-refractivity contribution is 0.568. The number of hydrogen-bond donors (Lipinski definition) is 2. The van der Waals surface area contributed by atoms with Gasteiger partial charge in [0, 0.05) is 18.9 Å². The van der Waals surface area contributed by atoms with E-state index in [0.717, 1.165) is 13.0 Å². The van der Waals surface area contributed by atoms with Gasteiger partial charge in [-0.3, -0.25) is 9.98 Å². The largest absolute Gasteiger partial charge is 0.370 e. The average Bonchev–Trinajstić information content (AvgIpc) is 2.19. The summed E-state index contributed by atoms with van der Waals surface area (Å²) in [6, 6.07) is 4.28. The van der Waals surface area contributed by atoms with Crippen molar-refractivity contribution in [3.05, 3.63) is 30.1 Å². The summed E-state index contributed by atoms with van der Waals surface area (Å²) >= 11 is 0. The molecule has 1 aliphatic heterocycles. The number of aliphatic imine (C=N–C) groups is 1. The lowest BCUT2D eigenvalue weighted by atomic mass is 10.0. The van der Waals surface area contributed by atoms with Crippen molar-refractivity contribution in [2.24, 2.45) is 10.7 Å². The van der Waals surface area contributed by atoms with Crippen molar-refractivity contribution in [3.63, 3.8) is 0 Å². The highest BCUT2D eigenvalue weighted by molar-refractivity contribution is 5.85. The first-order valence-electron chi connectivity index (χ1n) is 4.32. The number of pyridine rings is 1. The van der Waals surface area contributed by atoms with E-state index < -0.39 is 0 Å². The van der Waals surface area contributed by atoms with E-state index in [1.807, 2.05) is 12.1 Å². The van der Waals surface area contributed by atoms with Gasteiger partial charge in [-0.1, -0.05) is 0 Å². The fourth-order valence-corrected chi connectivity index (χ4v) is 1.46. The van der Waals surface area contributed by atoms with Gasteiger partial charge >= 0.3 is 0 Å². The molecule has 0 saturated carbocycles. The van der Waals surface area contributed by atoms with Gasteiger partial charge in [0.05, 0.1) is 6.04 Å². The van der Waals surface area contributed by atoms with E-state index in [4.69, 9.17) is 5.73 Å². The Balaban J connectivity index is 0.000000980. The molecule has 0 amide bonds. The second-order valence-electron chi connectivity index (χ2n) is 3.03. The second kappa shape index (κ2) is 4.81. The lowest BCUT2D eigenvalue weighted by Crippen LogP contribution is -2.38. The standard InChI is InChI=1S/C9H12N4.ClH/c10-9-12-6-3-8(13-9)7-1-4-11-5-2-7;/h1-2,4-5,8H,3,6H2,(H3,10,12,13);1H. The molecule has 3 N–H and O–H groups in total. The fourth-order valence-electron chi connectivity index (χ4n) is 1.46. The molecule has 1 aliphatic rings. The summed E-state index contributed by atoms with van der Waals surface area (Å²) in [5, 5.41) is 3.13. The minimum atomic E-state index is 0. The predicted octanol–water partition coefficient (Wildman–Crippen LogP) is 0.852. The number of nitrogens with one attached hydrogen (secondary N) is 1. The monoisotopic (exact) mass is 212 g/mol. The summed E-state index contributed by atoms with van der Waals surface area (Å²) in [4.78, 5) is 8.04. The molecule has 4 nitrogen and oxygen atoms in total. The van der Waals surface area contributed by atoms with Crippen LogP contribution in [0.3, 0.4) is 0 Å². The number of halogens is 1. The summed E-state index contributed by atoms with van der Waals surface area (Å²) in [6.45, 7) is 0.797. The fraction of sp³-hybridized carbons (Fsp3) is 0.333. The van der Waals surface area contributed by atoms with E-state index in [9.17, 15) is 0 Å². The van der Waals surface area contributed by atoms with Crippen molar-refractivity contribution < 1.29 is 0 Å². The average molecular weight is 213 g/mol. The van der Waals surface area contributed by atoms with Crippen LogP contribution in [0.2, 0.25) is 0 Å². The number of hydrogen-bond acceptors (Lipinski definition) is 4. The lowest BCUT2D eigenvalue weighted by Gasteiger charge is -2.22. The highest BCUT2D eigenvalue weighted by Gasteiger charge is 2.14. The molecular weight excluding hydrogens is 200 g/mol. The van der Waals surface area contributed by atoms with E-state index in [-0.39, 0.29) is 12.4 Å². The highest BCUT2D eigenvalue weighted by Crippen LogP contribution is 2.17. The van der Waals surface area contributed by atoms with E-state index in [0.29, 0.717) is 12.0 Å². The van der Waals surface area contributed by atoms with Crippen molar-refractivity contribution in [2.75, 3.05) is 6.54 Å². The van der Waals surface area contributed by atoms with Crippen LogP contribution in [-0.2, 0) is 0 Å². The van der Waals surface area contributed by atoms with Crippen molar-refractivity contribution >= 4 is 18.4 Å². The van der Waals surface area contributed by atoms with Crippen LogP contribution in [0, 0.1) is 0 Å². The van der Waals surface area contributed by atoms with Crippen molar-refractivity contribution in [1.82, 2.24) is 10.3 Å². The van der Waals surface area contributed by atoms with E-state index in [1.165, 1.54) is 5.56 Å². The molecule has 0 saturated heterocycles. The summed E-state index contributed by atoms with van der Waals surface area (Å²) in [7, 11) is 0. The smallest absolute Gasteiger partial charge is 0.189 e. The third kappa shape index (κ3) is 2.35. The topological polar surface area (TPSA) is 63.3 Å². The first kappa shape index (κ1) is 10.8. The molecule has 1 unspecified atom stereocenters. The Morgan fingerprint density at radius 3 is 2.71 bits per heavy atom. The molecule has 2 heterocycles. The summed E-state index contributed by atoms with van der Waals surface area (Å²) in [6.07, 6.45) is 4.57. The highest BCUT2D eigenvalue weighted by atomic mass is 35.5. The van der Waals surface area contributed by atoms with Gasteiger partial charge in [-0.25, -0.2) is 0 Å². The van der Waals surface area contributed by atoms with E-state index in [1.54, 1.807) is 12.4 Å². The normalized spacial score (nSPS) is 20.3. The Morgan fingerprint density at radius 2 is 2.07 bits per heavy atom.